The van der Waals surface area contributed by atoms with Crippen LogP contribution in [0.3, 0.4) is 0 Å². The Morgan fingerprint density at radius 1 is 1.12 bits per heavy atom. The van der Waals surface area contributed by atoms with Gasteiger partial charge in [0.15, 0.2) is 17.4 Å². The molecule has 0 radical (unpaired) electrons. The third-order valence-corrected chi connectivity index (χ3v) is 5.61. The van der Waals surface area contributed by atoms with Crippen LogP contribution in [0, 0.1) is 0 Å². The van der Waals surface area contributed by atoms with E-state index in [0.29, 0.717) is 18.1 Å². The van der Waals surface area contributed by atoms with E-state index in [1.807, 2.05) is 12.1 Å². The number of nitrogens with one attached hydrogen (secondary N) is 1. The summed E-state index contributed by atoms with van der Waals surface area (Å²) in [6.07, 6.45) is -3.04. The van der Waals surface area contributed by atoms with Crippen LogP contribution in [0.5, 0.6) is 6.01 Å². The Morgan fingerprint density at radius 2 is 1.85 bits per heavy atom. The van der Waals surface area contributed by atoms with Crippen molar-refractivity contribution in [1.29, 1.82) is 0 Å². The normalized spacial score (nSPS) is 16.9. The van der Waals surface area contributed by atoms with Gasteiger partial charge in [0.25, 0.3) is 0 Å². The van der Waals surface area contributed by atoms with Gasteiger partial charge < -0.3 is 20.7 Å². The van der Waals surface area contributed by atoms with Gasteiger partial charge in [-0.15, -0.1) is 0 Å². The standard InChI is InChI=1S/C22H27F3N6O2/c23-22(24,25)6-9-33-21-28-19(26)18-20(29-21)31(14-17(32)11-27-18)13-16-5-3-4-15(10-16)12-30-7-1-2-8-30/h3-5,10,27H,1-2,6-9,11-14H2,(H2,26,28,29). The van der Waals surface area contributed by atoms with E-state index < -0.39 is 19.2 Å². The first-order valence-electron chi connectivity index (χ1n) is 10.9. The number of Topliss-reactive ketones (excluding diaryl/α,β-unsaturated/α-hetero) is 1. The maximum Gasteiger partial charge on any atom is 0.392 e. The van der Waals surface area contributed by atoms with Crippen LogP contribution in [0.2, 0.25) is 0 Å². The molecule has 0 aliphatic carbocycles. The first kappa shape index (κ1) is 23.1. The summed E-state index contributed by atoms with van der Waals surface area (Å²) in [6, 6.07) is 7.89. The van der Waals surface area contributed by atoms with Gasteiger partial charge in [-0.05, 0) is 37.1 Å². The minimum atomic E-state index is -4.35. The SMILES string of the molecule is Nc1nc(OCCC(F)(F)F)nc2c1NCC(=O)CN2Cc1cccc(CN2CCCC2)c1. The summed E-state index contributed by atoms with van der Waals surface area (Å²) in [5, 5.41) is 2.94. The number of anilines is 3. The zero-order valence-corrected chi connectivity index (χ0v) is 18.2. The van der Waals surface area contributed by atoms with Crippen molar-refractivity contribution in [3.05, 3.63) is 35.4 Å². The van der Waals surface area contributed by atoms with E-state index in [1.54, 1.807) is 4.90 Å². The number of ketones is 1. The summed E-state index contributed by atoms with van der Waals surface area (Å²) in [5.41, 5.74) is 8.58. The van der Waals surface area contributed by atoms with Gasteiger partial charge in [0.05, 0.1) is 19.5 Å². The van der Waals surface area contributed by atoms with Gasteiger partial charge in [0, 0.05) is 13.1 Å². The number of nitrogens with two attached hydrogens (primary N) is 1. The molecule has 2 aliphatic rings. The maximum absolute atomic E-state index is 12.5. The zero-order chi connectivity index (χ0) is 23.4. The van der Waals surface area contributed by atoms with Crippen LogP contribution < -0.4 is 20.7 Å². The van der Waals surface area contributed by atoms with Crippen LogP contribution in [0.15, 0.2) is 24.3 Å². The lowest BCUT2D eigenvalue weighted by atomic mass is 10.1. The van der Waals surface area contributed by atoms with E-state index in [-0.39, 0.29) is 30.7 Å². The highest BCUT2D eigenvalue weighted by molar-refractivity contribution is 5.93. The second kappa shape index (κ2) is 9.82. The summed E-state index contributed by atoms with van der Waals surface area (Å²) in [7, 11) is 0. The molecule has 0 unspecified atom stereocenters. The first-order valence-corrected chi connectivity index (χ1v) is 10.9. The smallest absolute Gasteiger partial charge is 0.392 e. The van der Waals surface area contributed by atoms with E-state index in [0.717, 1.165) is 25.2 Å². The molecule has 3 heterocycles. The van der Waals surface area contributed by atoms with E-state index >= 15 is 0 Å². The fourth-order valence-corrected chi connectivity index (χ4v) is 4.07. The zero-order valence-electron chi connectivity index (χ0n) is 18.2. The van der Waals surface area contributed by atoms with Crippen molar-refractivity contribution in [3.8, 4) is 6.01 Å². The molecule has 0 spiro atoms. The third kappa shape index (κ3) is 6.25. The van der Waals surface area contributed by atoms with Crippen molar-refractivity contribution < 1.29 is 22.7 Å². The lowest BCUT2D eigenvalue weighted by Gasteiger charge is -2.24. The molecule has 1 fully saturated rings. The summed E-state index contributed by atoms with van der Waals surface area (Å²) in [4.78, 5) is 24.8. The molecule has 1 aromatic carbocycles. The van der Waals surface area contributed by atoms with Gasteiger partial charge in [-0.1, -0.05) is 24.3 Å². The average molecular weight is 464 g/mol. The number of benzene rings is 1. The van der Waals surface area contributed by atoms with Crippen molar-refractivity contribution in [3.63, 3.8) is 0 Å². The number of ether oxygens (including phenoxy) is 1. The molecule has 11 heteroatoms. The predicted octanol–water partition coefficient (Wildman–Crippen LogP) is 2.99. The highest BCUT2D eigenvalue weighted by Crippen LogP contribution is 2.33. The number of likely N-dealkylation sites (tertiary alicyclic amines) is 1. The van der Waals surface area contributed by atoms with Crippen molar-refractivity contribution in [2.45, 2.75) is 38.5 Å². The second-order valence-corrected chi connectivity index (χ2v) is 8.36. The minimum Gasteiger partial charge on any atom is -0.463 e. The van der Waals surface area contributed by atoms with Crippen LogP contribution in [-0.4, -0.2) is 59.6 Å². The molecule has 4 rings (SSSR count). The van der Waals surface area contributed by atoms with E-state index in [1.165, 1.54) is 18.4 Å². The van der Waals surface area contributed by atoms with Crippen molar-refractivity contribution in [2.24, 2.45) is 0 Å². The number of carbonyl (C=O) groups is 1. The molecule has 33 heavy (non-hydrogen) atoms. The molecular weight excluding hydrogens is 437 g/mol. The number of hydrogen-bond donors (Lipinski definition) is 2. The van der Waals surface area contributed by atoms with Crippen LogP contribution >= 0.6 is 0 Å². The number of carbonyl (C=O) groups excluding carboxylic acids is 1. The molecule has 1 aromatic heterocycles. The Labute approximate surface area is 189 Å². The summed E-state index contributed by atoms with van der Waals surface area (Å²) >= 11 is 0. The number of halogens is 3. The van der Waals surface area contributed by atoms with Crippen LogP contribution in [0.25, 0.3) is 0 Å². The molecule has 2 aliphatic heterocycles. The van der Waals surface area contributed by atoms with Crippen LogP contribution in [-0.2, 0) is 17.9 Å². The number of hydrogen-bond acceptors (Lipinski definition) is 8. The molecular formula is C22H27F3N6O2. The molecule has 1 saturated heterocycles. The average Bonchev–Trinajstić information content (AvgIpc) is 3.19. The lowest BCUT2D eigenvalue weighted by Crippen LogP contribution is -2.30. The molecule has 0 saturated carbocycles. The van der Waals surface area contributed by atoms with Crippen LogP contribution in [0.4, 0.5) is 30.5 Å². The molecule has 0 atom stereocenters. The Hall–Kier alpha value is -3.08. The van der Waals surface area contributed by atoms with E-state index in [9.17, 15) is 18.0 Å². The lowest BCUT2D eigenvalue weighted by molar-refractivity contribution is -0.139. The summed E-state index contributed by atoms with van der Waals surface area (Å²) < 4.78 is 42.5. The molecule has 3 N–H and O–H groups in total. The number of nitrogens with zero attached hydrogens (tertiary/aromatic N) is 4. The Bertz CT molecular complexity index is 995. The van der Waals surface area contributed by atoms with Crippen LogP contribution in [0.1, 0.15) is 30.4 Å². The summed E-state index contributed by atoms with van der Waals surface area (Å²) in [6.45, 7) is 2.96. The molecule has 2 aromatic rings. The topological polar surface area (TPSA) is 96.6 Å². The Balaban J connectivity index is 1.55. The third-order valence-electron chi connectivity index (χ3n) is 5.61. The van der Waals surface area contributed by atoms with E-state index in [2.05, 4.69) is 32.3 Å². The predicted molar refractivity (Wildman–Crippen MR) is 118 cm³/mol. The van der Waals surface area contributed by atoms with Gasteiger partial charge in [0.1, 0.15) is 12.3 Å². The summed E-state index contributed by atoms with van der Waals surface area (Å²) in [5.74, 6) is 0.282. The van der Waals surface area contributed by atoms with Crippen molar-refractivity contribution in [1.82, 2.24) is 14.9 Å². The largest absolute Gasteiger partial charge is 0.463 e. The maximum atomic E-state index is 12.5. The number of rotatable bonds is 7. The fraction of sp³-hybridized carbons (Fsp3) is 0.500. The molecule has 0 amide bonds. The van der Waals surface area contributed by atoms with Gasteiger partial charge in [-0.25, -0.2) is 0 Å². The quantitative estimate of drug-likeness (QED) is 0.646. The molecule has 8 nitrogen and oxygen atoms in total. The number of alkyl halides is 3. The monoisotopic (exact) mass is 464 g/mol. The highest BCUT2D eigenvalue weighted by Gasteiger charge is 2.28. The van der Waals surface area contributed by atoms with Crippen molar-refractivity contribution in [2.75, 3.05) is 48.7 Å². The van der Waals surface area contributed by atoms with Gasteiger partial charge in [0.2, 0.25) is 0 Å². The molecule has 178 valence electrons. The van der Waals surface area contributed by atoms with Gasteiger partial charge >= 0.3 is 12.2 Å². The Morgan fingerprint density at radius 3 is 2.58 bits per heavy atom. The first-order chi connectivity index (χ1) is 15.8. The van der Waals surface area contributed by atoms with E-state index in [4.69, 9.17) is 10.5 Å². The number of fused-ring (bicyclic) bond motifs is 1. The fourth-order valence-electron chi connectivity index (χ4n) is 4.07. The number of aromatic nitrogens is 2. The number of nitrogen functional groups attached to an aromatic ring is 1. The Kier molecular flexibility index (Phi) is 6.87. The minimum absolute atomic E-state index is 0.0180. The van der Waals surface area contributed by atoms with Gasteiger partial charge in [-0.3, -0.25) is 9.69 Å². The second-order valence-electron chi connectivity index (χ2n) is 8.36. The molecule has 0 bridgehead atoms. The van der Waals surface area contributed by atoms with Gasteiger partial charge in [-0.2, -0.15) is 23.1 Å². The van der Waals surface area contributed by atoms with Crippen molar-refractivity contribution >= 4 is 23.1 Å². The highest BCUT2D eigenvalue weighted by atomic mass is 19.4.